The molecular formula is C16H23F2NS2. The minimum absolute atomic E-state index is 0.189. The van der Waals surface area contributed by atoms with Gasteiger partial charge in [-0.05, 0) is 43.1 Å². The lowest BCUT2D eigenvalue weighted by Gasteiger charge is -2.36. The first-order chi connectivity index (χ1) is 10.2. The molecule has 21 heavy (non-hydrogen) atoms. The maximum Gasteiger partial charge on any atom is 0.126 e. The Labute approximate surface area is 134 Å². The molecule has 1 fully saturated rings. The Kier molecular flexibility index (Phi) is 6.83. The van der Waals surface area contributed by atoms with Gasteiger partial charge in [-0.15, -0.1) is 0 Å². The van der Waals surface area contributed by atoms with Crippen LogP contribution in [0.4, 0.5) is 8.78 Å². The van der Waals surface area contributed by atoms with Crippen LogP contribution in [-0.2, 0) is 6.42 Å². The molecule has 1 aliphatic rings. The van der Waals surface area contributed by atoms with E-state index in [1.54, 1.807) is 0 Å². The smallest absolute Gasteiger partial charge is 0.126 e. The van der Waals surface area contributed by atoms with Crippen LogP contribution in [0.15, 0.2) is 18.2 Å². The van der Waals surface area contributed by atoms with Crippen LogP contribution in [0, 0.1) is 11.6 Å². The van der Waals surface area contributed by atoms with Crippen molar-refractivity contribution in [1.82, 2.24) is 5.32 Å². The normalized spacial score (nSPS) is 24.0. The van der Waals surface area contributed by atoms with Gasteiger partial charge in [0.05, 0.1) is 0 Å². The topological polar surface area (TPSA) is 12.0 Å². The van der Waals surface area contributed by atoms with Crippen LogP contribution in [0.1, 0.15) is 25.8 Å². The predicted octanol–water partition coefficient (Wildman–Crippen LogP) is 4.11. The second kappa shape index (κ2) is 8.39. The molecule has 0 radical (unpaired) electrons. The number of thioether (sulfide) groups is 2. The second-order valence-electron chi connectivity index (χ2n) is 5.26. The van der Waals surface area contributed by atoms with Gasteiger partial charge in [-0.1, -0.05) is 13.8 Å². The molecule has 5 heteroatoms. The Morgan fingerprint density at radius 3 is 2.71 bits per heavy atom. The summed E-state index contributed by atoms with van der Waals surface area (Å²) in [4.78, 5) is 0. The highest BCUT2D eigenvalue weighted by Gasteiger charge is 2.32. The molecule has 1 heterocycles. The lowest BCUT2D eigenvalue weighted by Crippen LogP contribution is -2.46. The van der Waals surface area contributed by atoms with Crippen molar-refractivity contribution in [1.29, 1.82) is 0 Å². The van der Waals surface area contributed by atoms with Crippen LogP contribution in [0.5, 0.6) is 0 Å². The zero-order valence-electron chi connectivity index (χ0n) is 12.6. The first kappa shape index (κ1) is 17.1. The van der Waals surface area contributed by atoms with E-state index in [2.05, 4.69) is 19.2 Å². The number of likely N-dealkylation sites (N-methyl/N-ethyl adjacent to an activating group) is 1. The molecule has 0 bridgehead atoms. The van der Waals surface area contributed by atoms with Gasteiger partial charge in [-0.2, -0.15) is 23.5 Å². The molecule has 0 amide bonds. The zero-order chi connectivity index (χ0) is 15.2. The number of rotatable bonds is 6. The van der Waals surface area contributed by atoms with Crippen molar-refractivity contribution >= 4 is 23.5 Å². The first-order valence-corrected chi connectivity index (χ1v) is 9.66. The first-order valence-electron chi connectivity index (χ1n) is 7.56. The zero-order valence-corrected chi connectivity index (χ0v) is 14.2. The van der Waals surface area contributed by atoms with E-state index >= 15 is 0 Å². The van der Waals surface area contributed by atoms with Crippen molar-refractivity contribution < 1.29 is 8.78 Å². The van der Waals surface area contributed by atoms with Crippen molar-refractivity contribution in [3.63, 3.8) is 0 Å². The summed E-state index contributed by atoms with van der Waals surface area (Å²) < 4.78 is 27.3. The molecule has 1 aromatic rings. The fraction of sp³-hybridized carbons (Fsp3) is 0.625. The maximum absolute atomic E-state index is 13.9. The quantitative estimate of drug-likeness (QED) is 0.842. The molecule has 118 valence electrons. The van der Waals surface area contributed by atoms with E-state index in [0.717, 1.165) is 18.7 Å². The van der Waals surface area contributed by atoms with Crippen LogP contribution in [0.25, 0.3) is 0 Å². The molecule has 3 unspecified atom stereocenters. The third-order valence-electron chi connectivity index (χ3n) is 3.80. The Morgan fingerprint density at radius 2 is 2.00 bits per heavy atom. The summed E-state index contributed by atoms with van der Waals surface area (Å²) in [5, 5.41) is 4.53. The van der Waals surface area contributed by atoms with Crippen molar-refractivity contribution in [2.45, 2.75) is 43.2 Å². The molecule has 1 nitrogen and oxygen atoms in total. The molecule has 0 aliphatic carbocycles. The Balaban J connectivity index is 2.15. The summed E-state index contributed by atoms with van der Waals surface area (Å²) >= 11 is 3.99. The third-order valence-corrected chi connectivity index (χ3v) is 7.21. The van der Waals surface area contributed by atoms with Crippen LogP contribution < -0.4 is 5.32 Å². The maximum atomic E-state index is 13.9. The SMILES string of the molecule is CCNC(Cc1cc(F)ccc1F)C1SCCSC1CC. The highest BCUT2D eigenvalue weighted by molar-refractivity contribution is 8.07. The third kappa shape index (κ3) is 4.60. The van der Waals surface area contributed by atoms with E-state index in [-0.39, 0.29) is 17.7 Å². The molecule has 1 N–H and O–H groups in total. The van der Waals surface area contributed by atoms with Gasteiger partial charge in [0.15, 0.2) is 0 Å². The molecule has 2 rings (SSSR count). The minimum atomic E-state index is -0.362. The molecular weight excluding hydrogens is 308 g/mol. The summed E-state index contributed by atoms with van der Waals surface area (Å²) in [5.41, 5.74) is 0.479. The van der Waals surface area contributed by atoms with Gasteiger partial charge in [0.2, 0.25) is 0 Å². The van der Waals surface area contributed by atoms with Gasteiger partial charge in [-0.3, -0.25) is 0 Å². The highest BCUT2D eigenvalue weighted by Crippen LogP contribution is 2.36. The summed E-state index contributed by atoms with van der Waals surface area (Å²) in [5.74, 6) is 1.66. The van der Waals surface area contributed by atoms with E-state index in [9.17, 15) is 8.78 Å². The Hall–Kier alpha value is -0.260. The molecule has 0 spiro atoms. The lowest BCUT2D eigenvalue weighted by atomic mass is 9.99. The van der Waals surface area contributed by atoms with Crippen molar-refractivity contribution in [3.8, 4) is 0 Å². The lowest BCUT2D eigenvalue weighted by molar-refractivity contribution is 0.477. The van der Waals surface area contributed by atoms with Crippen molar-refractivity contribution in [2.75, 3.05) is 18.1 Å². The van der Waals surface area contributed by atoms with Crippen LogP contribution in [-0.4, -0.2) is 34.6 Å². The molecule has 1 saturated heterocycles. The number of nitrogens with one attached hydrogen (secondary N) is 1. The van der Waals surface area contributed by atoms with Gasteiger partial charge < -0.3 is 5.32 Å². The van der Waals surface area contributed by atoms with Crippen molar-refractivity contribution in [2.24, 2.45) is 0 Å². The van der Waals surface area contributed by atoms with Gasteiger partial charge in [0, 0.05) is 28.0 Å². The fourth-order valence-corrected chi connectivity index (χ4v) is 6.08. The number of halogens is 2. The van der Waals surface area contributed by atoms with Gasteiger partial charge >= 0.3 is 0 Å². The number of benzene rings is 1. The summed E-state index contributed by atoms with van der Waals surface area (Å²) in [6.45, 7) is 5.12. The summed E-state index contributed by atoms with van der Waals surface area (Å²) in [6, 6.07) is 3.94. The Bertz CT molecular complexity index is 456. The van der Waals surface area contributed by atoms with E-state index in [1.165, 1.54) is 24.0 Å². The summed E-state index contributed by atoms with van der Waals surface area (Å²) in [6.07, 6.45) is 1.67. The minimum Gasteiger partial charge on any atom is -0.313 e. The Morgan fingerprint density at radius 1 is 1.24 bits per heavy atom. The standard InChI is InChI=1S/C16H23F2NS2/c1-3-15-16(21-8-7-20-15)14(19-4-2)10-11-9-12(17)5-6-13(11)18/h5-6,9,14-16,19H,3-4,7-8,10H2,1-2H3. The molecule has 3 atom stereocenters. The van der Waals surface area contributed by atoms with Crippen molar-refractivity contribution in [3.05, 3.63) is 35.4 Å². The van der Waals surface area contributed by atoms with Gasteiger partial charge in [0.1, 0.15) is 11.6 Å². The van der Waals surface area contributed by atoms with E-state index in [0.29, 0.717) is 22.5 Å². The monoisotopic (exact) mass is 331 g/mol. The van der Waals surface area contributed by atoms with Crippen LogP contribution in [0.3, 0.4) is 0 Å². The molecule has 0 aromatic heterocycles. The van der Waals surface area contributed by atoms with E-state index in [1.807, 2.05) is 23.5 Å². The second-order valence-corrected chi connectivity index (χ2v) is 7.89. The molecule has 1 aliphatic heterocycles. The number of hydrogen-bond donors (Lipinski definition) is 1. The summed E-state index contributed by atoms with van der Waals surface area (Å²) in [7, 11) is 0. The predicted molar refractivity (Wildman–Crippen MR) is 90.3 cm³/mol. The van der Waals surface area contributed by atoms with E-state index < -0.39 is 0 Å². The number of hydrogen-bond acceptors (Lipinski definition) is 3. The average molecular weight is 331 g/mol. The van der Waals surface area contributed by atoms with Gasteiger partial charge in [-0.25, -0.2) is 8.78 Å². The highest BCUT2D eigenvalue weighted by atomic mass is 32.2. The van der Waals surface area contributed by atoms with Crippen LogP contribution in [0.2, 0.25) is 0 Å². The van der Waals surface area contributed by atoms with E-state index in [4.69, 9.17) is 0 Å². The average Bonchev–Trinajstić information content (AvgIpc) is 2.50. The molecule has 0 saturated carbocycles. The van der Waals surface area contributed by atoms with Gasteiger partial charge in [0.25, 0.3) is 0 Å². The molecule has 1 aromatic carbocycles. The fourth-order valence-electron chi connectivity index (χ4n) is 2.81. The largest absolute Gasteiger partial charge is 0.313 e. The van der Waals surface area contributed by atoms with Crippen LogP contribution >= 0.6 is 23.5 Å².